The quantitative estimate of drug-likeness (QED) is 0.194. The van der Waals surface area contributed by atoms with Crippen LogP contribution in [0.4, 0.5) is 17.1 Å². The highest BCUT2D eigenvalue weighted by Crippen LogP contribution is 2.20. The number of anilines is 1. The fourth-order valence-corrected chi connectivity index (χ4v) is 3.10. The summed E-state index contributed by atoms with van der Waals surface area (Å²) in [6, 6.07) is 20.1. The van der Waals surface area contributed by atoms with E-state index >= 15 is 0 Å². The minimum atomic E-state index is -4.43. The molecule has 0 aliphatic carbocycles. The number of carbonyl (C=O) groups excluding carboxylic acids is 1. The van der Waals surface area contributed by atoms with Gasteiger partial charge in [-0.15, -0.1) is 0 Å². The highest BCUT2D eigenvalue weighted by molar-refractivity contribution is 7.85. The molecule has 1 atom stereocenters. The maximum Gasteiger partial charge on any atom is 0.209 e. The predicted octanol–water partition coefficient (Wildman–Crippen LogP) is 4.72. The van der Waals surface area contributed by atoms with Crippen LogP contribution in [0.2, 0.25) is 5.02 Å². The molecule has 0 unspecified atom stereocenters. The summed E-state index contributed by atoms with van der Waals surface area (Å²) in [6.45, 7) is 7.61. The van der Waals surface area contributed by atoms with Gasteiger partial charge in [0.25, 0.3) is 0 Å². The highest BCUT2D eigenvalue weighted by atomic mass is 35.5. The molecule has 3 rings (SSSR count). The number of azo groups is 1. The first kappa shape index (κ1) is 30.7. The minimum absolute atomic E-state index is 0.293. The van der Waals surface area contributed by atoms with E-state index in [0.29, 0.717) is 23.1 Å². The van der Waals surface area contributed by atoms with Gasteiger partial charge in [0.2, 0.25) is 6.41 Å². The Balaban J connectivity index is 0.000000318. The number of nitrogen functional groups attached to an aromatic ring is 1. The molecule has 9 nitrogen and oxygen atoms in total. The Morgan fingerprint density at radius 1 is 0.944 bits per heavy atom. The van der Waals surface area contributed by atoms with Crippen LogP contribution in [0, 0.1) is 0 Å². The molecule has 11 heteroatoms. The Morgan fingerprint density at radius 2 is 1.39 bits per heavy atom. The van der Waals surface area contributed by atoms with E-state index in [1.165, 1.54) is 29.8 Å². The lowest BCUT2D eigenvalue weighted by Crippen LogP contribution is -2.51. The number of halogens is 1. The average Bonchev–Trinajstić information content (AvgIpc) is 2.85. The van der Waals surface area contributed by atoms with Gasteiger partial charge in [0.15, 0.2) is 0 Å². The number of nitrogens with two attached hydrogens (primary N) is 1. The number of nitrogens with zero attached hydrogens (tertiary/aromatic N) is 3. The molecule has 0 fully saturated rings. The second-order valence-electron chi connectivity index (χ2n) is 7.52. The monoisotopic (exact) mass is 533 g/mol. The molecule has 1 amide bonds. The van der Waals surface area contributed by atoms with Crippen molar-refractivity contribution in [3.05, 3.63) is 83.4 Å². The Morgan fingerprint density at radius 3 is 1.72 bits per heavy atom. The fourth-order valence-electron chi connectivity index (χ4n) is 2.50. The summed E-state index contributed by atoms with van der Waals surface area (Å²) in [5.74, 6) is 0. The number of hydrogen-bond acceptors (Lipinski definition) is 7. The van der Waals surface area contributed by atoms with Crippen LogP contribution in [-0.2, 0) is 14.9 Å². The van der Waals surface area contributed by atoms with Crippen molar-refractivity contribution in [2.24, 2.45) is 10.2 Å². The first-order chi connectivity index (χ1) is 17.0. The third-order valence-electron chi connectivity index (χ3n) is 4.70. The molecule has 36 heavy (non-hydrogen) atoms. The molecule has 194 valence electrons. The maximum atomic E-state index is 10.7. The molecular formula is C25H32ClN5O4S. The van der Waals surface area contributed by atoms with Gasteiger partial charge in [0.05, 0.1) is 16.3 Å². The van der Waals surface area contributed by atoms with Crippen LogP contribution in [0.5, 0.6) is 0 Å². The Kier molecular flexibility index (Phi) is 13.3. The Labute approximate surface area is 217 Å². The van der Waals surface area contributed by atoms with Crippen LogP contribution < -0.4 is 11.5 Å². The van der Waals surface area contributed by atoms with Crippen LogP contribution in [-0.4, -0.2) is 37.4 Å². The van der Waals surface area contributed by atoms with Gasteiger partial charge >= 0.3 is 0 Å². The van der Waals surface area contributed by atoms with Crippen molar-refractivity contribution in [1.82, 2.24) is 4.90 Å². The van der Waals surface area contributed by atoms with Crippen molar-refractivity contribution in [2.75, 3.05) is 18.8 Å². The summed E-state index contributed by atoms with van der Waals surface area (Å²) in [5.41, 5.74) is 12.4. The molecule has 3 aromatic carbocycles. The molecule has 0 aliphatic heterocycles. The van der Waals surface area contributed by atoms with E-state index in [0.717, 1.165) is 24.5 Å². The third kappa shape index (κ3) is 11.9. The minimum Gasteiger partial charge on any atom is -0.744 e. The van der Waals surface area contributed by atoms with E-state index < -0.39 is 10.1 Å². The largest absolute Gasteiger partial charge is 0.744 e. The molecule has 0 saturated heterocycles. The van der Waals surface area contributed by atoms with Crippen molar-refractivity contribution in [3.63, 3.8) is 0 Å². The molecule has 5 N–H and O–H groups in total. The third-order valence-corrected chi connectivity index (χ3v) is 5.80. The number of quaternary nitrogens is 1. The van der Waals surface area contributed by atoms with Crippen LogP contribution in [0.15, 0.2) is 87.9 Å². The zero-order valence-corrected chi connectivity index (χ0v) is 22.1. The molecule has 0 radical (unpaired) electrons. The number of benzene rings is 3. The number of rotatable bonds is 7. The van der Waals surface area contributed by atoms with Crippen molar-refractivity contribution < 1.29 is 23.5 Å². The molecule has 0 heterocycles. The van der Waals surface area contributed by atoms with E-state index in [4.69, 9.17) is 17.3 Å². The van der Waals surface area contributed by atoms with Crippen LogP contribution in [0.25, 0.3) is 0 Å². The second-order valence-corrected chi connectivity index (χ2v) is 9.33. The van der Waals surface area contributed by atoms with Gasteiger partial charge < -0.3 is 20.9 Å². The summed E-state index contributed by atoms with van der Waals surface area (Å²) in [4.78, 5) is 11.3. The van der Waals surface area contributed by atoms with E-state index in [-0.39, 0.29) is 4.90 Å². The summed E-state index contributed by atoms with van der Waals surface area (Å²) >= 11 is 5.70. The van der Waals surface area contributed by atoms with Gasteiger partial charge in [-0.1, -0.05) is 23.7 Å². The maximum absolute atomic E-state index is 10.7. The van der Waals surface area contributed by atoms with Crippen LogP contribution in [0.3, 0.4) is 0 Å². The van der Waals surface area contributed by atoms with Crippen molar-refractivity contribution in [3.8, 4) is 0 Å². The first-order valence-electron chi connectivity index (χ1n) is 11.1. The molecule has 0 aromatic heterocycles. The van der Waals surface area contributed by atoms with Gasteiger partial charge in [0, 0.05) is 29.4 Å². The predicted molar refractivity (Wildman–Crippen MR) is 141 cm³/mol. The van der Waals surface area contributed by atoms with Crippen LogP contribution >= 0.6 is 11.6 Å². The van der Waals surface area contributed by atoms with Gasteiger partial charge in [-0.05, 0) is 81.4 Å². The van der Waals surface area contributed by atoms with Crippen molar-refractivity contribution in [2.45, 2.75) is 31.7 Å². The van der Waals surface area contributed by atoms with Gasteiger partial charge in [-0.3, -0.25) is 4.79 Å². The number of hydrogen-bond donors (Lipinski definition) is 2. The Bertz CT molecular complexity index is 1180. The highest BCUT2D eigenvalue weighted by Gasteiger charge is 2.01. The Hall–Kier alpha value is -3.31. The van der Waals surface area contributed by atoms with Gasteiger partial charge in [0.1, 0.15) is 16.2 Å². The number of amides is 1. The zero-order valence-electron chi connectivity index (χ0n) is 20.5. The molecule has 0 aliphatic rings. The summed E-state index contributed by atoms with van der Waals surface area (Å²) in [6.07, 6.45) is 0.861. The van der Waals surface area contributed by atoms with E-state index in [1.54, 1.807) is 29.2 Å². The average molecular weight is 534 g/mol. The molecule has 0 bridgehead atoms. The molecular weight excluding hydrogens is 502 g/mol. The lowest BCUT2D eigenvalue weighted by molar-refractivity contribution is -0.420. The lowest BCUT2D eigenvalue weighted by atomic mass is 10.1. The molecule has 0 spiro atoms. The normalized spacial score (nSPS) is 11.5. The second kappa shape index (κ2) is 15.6. The van der Waals surface area contributed by atoms with Crippen molar-refractivity contribution >= 4 is 45.2 Å². The lowest BCUT2D eigenvalue weighted by Gasteiger charge is -2.08. The fraction of sp³-hybridized carbons (Fsp3) is 0.240. The summed E-state index contributed by atoms with van der Waals surface area (Å²) < 4.78 is 32.2. The zero-order chi connectivity index (χ0) is 27.1. The van der Waals surface area contributed by atoms with E-state index in [2.05, 4.69) is 22.9 Å². The SMILES string of the molecule is CCN(C=O)CC.C[C@@H]([NH3+])c1ccc(Cl)cc1.Nc1ccc(N=Nc2ccc(S(=O)(=O)[O-])cc2)cc1. The molecule has 0 saturated carbocycles. The standard InChI is InChI=1S/C12H11N3O3S.C8H10ClN.C5H11NO/c13-9-1-3-10(4-2-9)14-15-11-5-7-12(8-6-11)19(16,17)18;1-6(10)7-2-4-8(9)5-3-7;1-3-6(4-2)5-7/h1-8H,13H2,(H,16,17,18);2-6H,10H2,1H3;5H,3-4H2,1-2H3/t;6-;/m.1./s1. The van der Waals surface area contributed by atoms with E-state index in [9.17, 15) is 17.8 Å². The first-order valence-corrected chi connectivity index (χ1v) is 12.9. The van der Waals surface area contributed by atoms with E-state index in [1.807, 2.05) is 38.1 Å². The van der Waals surface area contributed by atoms with Crippen molar-refractivity contribution in [1.29, 1.82) is 0 Å². The van der Waals surface area contributed by atoms with Crippen LogP contribution in [0.1, 0.15) is 32.4 Å². The van der Waals surface area contributed by atoms with Gasteiger partial charge in [-0.2, -0.15) is 10.2 Å². The smallest absolute Gasteiger partial charge is 0.209 e. The molecule has 3 aromatic rings. The summed E-state index contributed by atoms with van der Waals surface area (Å²) in [5, 5.41) is 8.65. The summed E-state index contributed by atoms with van der Waals surface area (Å²) in [7, 11) is -4.43. The topological polar surface area (TPSA) is 156 Å². The number of carbonyl (C=O) groups is 1. The van der Waals surface area contributed by atoms with Gasteiger partial charge in [-0.25, -0.2) is 8.42 Å².